The molecular weight excluding hydrogens is 195 g/mol. The zero-order valence-corrected chi connectivity index (χ0v) is 6.36. The van der Waals surface area contributed by atoms with Crippen LogP contribution in [0.5, 0.6) is 0 Å². The van der Waals surface area contributed by atoms with Crippen molar-refractivity contribution in [3.63, 3.8) is 0 Å². The molecular formula is C6H13AlO6. The van der Waals surface area contributed by atoms with Gasteiger partial charge in [-0.05, 0) is 12.8 Å². The molecule has 0 rings (SSSR count). The van der Waals surface area contributed by atoms with Gasteiger partial charge in [-0.15, -0.1) is 0 Å². The lowest BCUT2D eigenvalue weighted by atomic mass is 10.2. The first kappa shape index (κ1) is 14.9. The third kappa shape index (κ3) is 9.31. The van der Waals surface area contributed by atoms with Crippen LogP contribution in [-0.2, 0) is 19.4 Å². The number of hydrogen-bond acceptors (Lipinski definition) is 6. The van der Waals surface area contributed by atoms with Crippen molar-refractivity contribution >= 4 is 29.3 Å². The van der Waals surface area contributed by atoms with Gasteiger partial charge in [-0.3, -0.25) is 0 Å². The van der Waals surface area contributed by atoms with Gasteiger partial charge in [-0.2, -0.15) is 10.5 Å². The van der Waals surface area contributed by atoms with Crippen LogP contribution in [-0.4, -0.2) is 39.8 Å². The second kappa shape index (κ2) is 9.48. The minimum Gasteiger partial charge on any atom is -0.301 e. The van der Waals surface area contributed by atoms with Gasteiger partial charge in [0.1, 0.15) is 0 Å². The Bertz CT molecular complexity index is 141. The fraction of sp³-hybridized carbons (Fsp3) is 0.667. The Morgan fingerprint density at radius 1 is 0.923 bits per heavy atom. The monoisotopic (exact) mass is 208 g/mol. The van der Waals surface area contributed by atoms with Crippen molar-refractivity contribution in [1.82, 2.24) is 0 Å². The van der Waals surface area contributed by atoms with Crippen molar-refractivity contribution < 1.29 is 29.9 Å². The van der Waals surface area contributed by atoms with E-state index >= 15 is 0 Å². The van der Waals surface area contributed by atoms with Crippen molar-refractivity contribution in [2.24, 2.45) is 0 Å². The van der Waals surface area contributed by atoms with E-state index in [0.717, 1.165) is 0 Å². The van der Waals surface area contributed by atoms with E-state index in [0.29, 0.717) is 12.8 Å². The lowest BCUT2D eigenvalue weighted by Crippen LogP contribution is -2.03. The van der Waals surface area contributed by atoms with Crippen LogP contribution in [0.4, 0.5) is 0 Å². The standard InChI is InChI=1S/C6H10O6.Al.3H/c7-5(11-9)3-1-2-4-6(8)12-10;;;;/h9-10H,1-4H2;;;;. The molecule has 0 spiro atoms. The lowest BCUT2D eigenvalue weighted by Gasteiger charge is -1.96. The summed E-state index contributed by atoms with van der Waals surface area (Å²) in [5, 5.41) is 15.6. The summed E-state index contributed by atoms with van der Waals surface area (Å²) >= 11 is 0. The lowest BCUT2D eigenvalue weighted by molar-refractivity contribution is -0.235. The molecule has 0 aromatic heterocycles. The molecule has 0 aromatic carbocycles. The summed E-state index contributed by atoms with van der Waals surface area (Å²) in [7, 11) is 0. The van der Waals surface area contributed by atoms with Gasteiger partial charge in [0, 0.05) is 12.8 Å². The van der Waals surface area contributed by atoms with Gasteiger partial charge in [0.2, 0.25) is 0 Å². The zero-order chi connectivity index (χ0) is 9.40. The third-order valence-electron chi connectivity index (χ3n) is 1.22. The van der Waals surface area contributed by atoms with Gasteiger partial charge >= 0.3 is 11.9 Å². The molecule has 0 fully saturated rings. The molecule has 0 aromatic rings. The predicted molar refractivity (Wildman–Crippen MR) is 45.8 cm³/mol. The Balaban J connectivity index is 0. The highest BCUT2D eigenvalue weighted by Gasteiger charge is 2.04. The van der Waals surface area contributed by atoms with Crippen molar-refractivity contribution in [1.29, 1.82) is 0 Å². The highest BCUT2D eigenvalue weighted by atomic mass is 27.0. The van der Waals surface area contributed by atoms with Crippen LogP contribution >= 0.6 is 0 Å². The maximum Gasteiger partial charge on any atom is 0.342 e. The van der Waals surface area contributed by atoms with Crippen molar-refractivity contribution in [2.75, 3.05) is 0 Å². The quantitative estimate of drug-likeness (QED) is 0.271. The first-order valence-electron chi connectivity index (χ1n) is 3.39. The minimum atomic E-state index is -0.743. The Labute approximate surface area is 85.4 Å². The Hall–Kier alpha value is -0.608. The van der Waals surface area contributed by atoms with Gasteiger partial charge in [0.25, 0.3) is 0 Å². The van der Waals surface area contributed by atoms with Gasteiger partial charge < -0.3 is 9.78 Å². The minimum absolute atomic E-state index is 0. The van der Waals surface area contributed by atoms with Crippen molar-refractivity contribution in [3.8, 4) is 0 Å². The molecule has 0 heterocycles. The van der Waals surface area contributed by atoms with E-state index in [1.165, 1.54) is 0 Å². The molecule has 0 saturated carbocycles. The van der Waals surface area contributed by atoms with Crippen LogP contribution in [0.2, 0.25) is 0 Å². The normalized spacial score (nSPS) is 8.46. The molecule has 0 aliphatic rings. The highest BCUT2D eigenvalue weighted by Crippen LogP contribution is 2.01. The summed E-state index contributed by atoms with van der Waals surface area (Å²) in [5.74, 6) is -1.49. The molecule has 76 valence electrons. The van der Waals surface area contributed by atoms with Gasteiger partial charge in [0.05, 0.1) is 0 Å². The molecule has 0 bridgehead atoms. The first-order valence-corrected chi connectivity index (χ1v) is 3.39. The molecule has 0 aliphatic heterocycles. The molecule has 0 unspecified atom stereocenters. The second-order valence-corrected chi connectivity index (χ2v) is 2.13. The largest absolute Gasteiger partial charge is 0.342 e. The SMILES string of the molecule is O=C(CCCCC(=O)OO)OO.[AlH3]. The summed E-state index contributed by atoms with van der Waals surface area (Å²) < 4.78 is 0. The number of carbonyl (C=O) groups excluding carboxylic acids is 2. The maximum absolute atomic E-state index is 10.3. The van der Waals surface area contributed by atoms with Crippen LogP contribution in [0.25, 0.3) is 0 Å². The Kier molecular flexibility index (Phi) is 10.9. The molecule has 0 amide bonds. The fourth-order valence-electron chi connectivity index (χ4n) is 0.630. The second-order valence-electron chi connectivity index (χ2n) is 2.13. The molecule has 13 heavy (non-hydrogen) atoms. The Morgan fingerprint density at radius 3 is 1.46 bits per heavy atom. The number of carbonyl (C=O) groups is 2. The summed E-state index contributed by atoms with van der Waals surface area (Å²) in [5.41, 5.74) is 0. The van der Waals surface area contributed by atoms with E-state index in [2.05, 4.69) is 9.78 Å². The molecule has 6 nitrogen and oxygen atoms in total. The number of hydrogen-bond donors (Lipinski definition) is 2. The van der Waals surface area contributed by atoms with Crippen LogP contribution in [0, 0.1) is 0 Å². The summed E-state index contributed by atoms with van der Waals surface area (Å²) in [4.78, 5) is 27.3. The van der Waals surface area contributed by atoms with E-state index in [1.54, 1.807) is 0 Å². The molecule has 0 atom stereocenters. The average molecular weight is 208 g/mol. The topological polar surface area (TPSA) is 93.1 Å². The van der Waals surface area contributed by atoms with Gasteiger partial charge in [0.15, 0.2) is 17.4 Å². The summed E-state index contributed by atoms with van der Waals surface area (Å²) in [6.45, 7) is 0. The van der Waals surface area contributed by atoms with Gasteiger partial charge in [-0.25, -0.2) is 9.59 Å². The molecule has 0 saturated heterocycles. The third-order valence-corrected chi connectivity index (χ3v) is 1.22. The fourth-order valence-corrected chi connectivity index (χ4v) is 0.630. The van der Waals surface area contributed by atoms with E-state index < -0.39 is 11.9 Å². The molecule has 2 N–H and O–H groups in total. The van der Waals surface area contributed by atoms with Crippen molar-refractivity contribution in [2.45, 2.75) is 25.7 Å². The summed E-state index contributed by atoms with van der Waals surface area (Å²) in [6.07, 6.45) is 0.868. The Morgan fingerprint density at radius 2 is 1.23 bits per heavy atom. The van der Waals surface area contributed by atoms with E-state index in [4.69, 9.17) is 10.5 Å². The van der Waals surface area contributed by atoms with Crippen LogP contribution < -0.4 is 0 Å². The average Bonchev–Trinajstić information content (AvgIpc) is 2.11. The molecule has 7 heteroatoms. The van der Waals surface area contributed by atoms with Crippen LogP contribution in [0.15, 0.2) is 0 Å². The number of unbranched alkanes of at least 4 members (excludes halogenated alkanes) is 1. The summed E-state index contributed by atoms with van der Waals surface area (Å²) in [6, 6.07) is 0. The van der Waals surface area contributed by atoms with E-state index in [-0.39, 0.29) is 30.2 Å². The maximum atomic E-state index is 10.3. The zero-order valence-electron chi connectivity index (χ0n) is 6.36. The molecule has 0 aliphatic carbocycles. The highest BCUT2D eigenvalue weighted by molar-refractivity contribution is 5.75. The van der Waals surface area contributed by atoms with Crippen molar-refractivity contribution in [3.05, 3.63) is 0 Å². The smallest absolute Gasteiger partial charge is 0.301 e. The van der Waals surface area contributed by atoms with Crippen LogP contribution in [0.1, 0.15) is 25.7 Å². The molecule has 0 radical (unpaired) electrons. The number of rotatable bonds is 5. The van der Waals surface area contributed by atoms with E-state index in [1.807, 2.05) is 0 Å². The van der Waals surface area contributed by atoms with Gasteiger partial charge in [-0.1, -0.05) is 0 Å². The first-order chi connectivity index (χ1) is 5.70. The van der Waals surface area contributed by atoms with Crippen LogP contribution in [0.3, 0.4) is 0 Å². The predicted octanol–water partition coefficient (Wildman–Crippen LogP) is -0.605. The van der Waals surface area contributed by atoms with E-state index in [9.17, 15) is 9.59 Å².